The molecule has 0 aromatic heterocycles. The van der Waals surface area contributed by atoms with Crippen molar-refractivity contribution in [3.63, 3.8) is 0 Å². The Balaban J connectivity index is 2.87. The number of ether oxygens (including phenoxy) is 1. The number of carbonyl (C=O) groups is 1. The molecular weight excluding hydrogens is 332 g/mol. The lowest BCUT2D eigenvalue weighted by Gasteiger charge is -2.13. The molecule has 0 spiro atoms. The first-order valence-electron chi connectivity index (χ1n) is 7.96. The molecule has 1 aromatic rings. The third kappa shape index (κ3) is 6.46. The number of rotatable bonds is 11. The summed E-state index contributed by atoms with van der Waals surface area (Å²) in [6.07, 6.45) is 0.548. The van der Waals surface area contributed by atoms with Crippen LogP contribution in [0.1, 0.15) is 37.6 Å². The van der Waals surface area contributed by atoms with E-state index in [1.165, 1.54) is 18.2 Å². The van der Waals surface area contributed by atoms with E-state index in [4.69, 9.17) is 4.74 Å². The second kappa shape index (κ2) is 9.61. The summed E-state index contributed by atoms with van der Waals surface area (Å²) in [6.45, 7) is 7.75. The number of carboxylic acid groups (broad SMARTS) is 1. The van der Waals surface area contributed by atoms with Gasteiger partial charge in [0.15, 0.2) is 0 Å². The van der Waals surface area contributed by atoms with Crippen LogP contribution in [0.25, 0.3) is 0 Å². The van der Waals surface area contributed by atoms with Crippen LogP contribution in [0.3, 0.4) is 0 Å². The Morgan fingerprint density at radius 1 is 1.33 bits per heavy atom. The van der Waals surface area contributed by atoms with Crippen molar-refractivity contribution >= 4 is 21.7 Å². The molecule has 0 aliphatic heterocycles. The summed E-state index contributed by atoms with van der Waals surface area (Å²) in [7, 11) is -3.75. The molecule has 0 saturated heterocycles. The van der Waals surface area contributed by atoms with E-state index in [-0.39, 0.29) is 17.0 Å². The van der Waals surface area contributed by atoms with Gasteiger partial charge in [-0.25, -0.2) is 17.9 Å². The zero-order valence-electron chi connectivity index (χ0n) is 14.3. The molecule has 0 unspecified atom stereocenters. The fraction of sp³-hybridized carbons (Fsp3) is 0.562. The van der Waals surface area contributed by atoms with Gasteiger partial charge in [-0.3, -0.25) is 0 Å². The van der Waals surface area contributed by atoms with Crippen LogP contribution in [-0.2, 0) is 14.8 Å². The summed E-state index contributed by atoms with van der Waals surface area (Å²) in [5, 5.41) is 12.3. The maximum absolute atomic E-state index is 12.3. The standard InChI is InChI=1S/C16H26N2O5S/c1-4-23-9-5-8-18-24(21,22)13-6-7-15(17-11-12(2)3)14(10-13)16(19)20/h6-7,10,12,17-18H,4-5,8-9,11H2,1-3H3,(H,19,20). The lowest BCUT2D eigenvalue weighted by atomic mass is 10.1. The van der Waals surface area contributed by atoms with Crippen LogP contribution < -0.4 is 10.0 Å². The van der Waals surface area contributed by atoms with Crippen LogP contribution in [0, 0.1) is 5.92 Å². The summed E-state index contributed by atoms with van der Waals surface area (Å²) in [5.41, 5.74) is 0.347. The van der Waals surface area contributed by atoms with E-state index in [0.29, 0.717) is 37.8 Å². The highest BCUT2D eigenvalue weighted by atomic mass is 32.2. The van der Waals surface area contributed by atoms with Gasteiger partial charge in [-0.2, -0.15) is 0 Å². The average Bonchev–Trinajstić information content (AvgIpc) is 2.52. The van der Waals surface area contributed by atoms with Crippen molar-refractivity contribution in [3.05, 3.63) is 23.8 Å². The van der Waals surface area contributed by atoms with Crippen LogP contribution in [0.5, 0.6) is 0 Å². The highest BCUT2D eigenvalue weighted by Crippen LogP contribution is 2.21. The molecule has 7 nitrogen and oxygen atoms in total. The molecule has 0 radical (unpaired) electrons. The van der Waals surface area contributed by atoms with Gasteiger partial charge in [0.1, 0.15) is 0 Å². The molecule has 8 heteroatoms. The summed E-state index contributed by atoms with van der Waals surface area (Å²) in [5.74, 6) is -0.836. The quantitative estimate of drug-likeness (QED) is 0.524. The first-order valence-corrected chi connectivity index (χ1v) is 9.45. The highest BCUT2D eigenvalue weighted by Gasteiger charge is 2.18. The largest absolute Gasteiger partial charge is 0.478 e. The smallest absolute Gasteiger partial charge is 0.337 e. The number of hydrogen-bond donors (Lipinski definition) is 3. The van der Waals surface area contributed by atoms with Gasteiger partial charge in [-0.1, -0.05) is 13.8 Å². The van der Waals surface area contributed by atoms with Crippen LogP contribution in [0.15, 0.2) is 23.1 Å². The number of aromatic carboxylic acids is 1. The molecule has 0 atom stereocenters. The second-order valence-electron chi connectivity index (χ2n) is 5.74. The number of carboxylic acids is 1. The van der Waals surface area contributed by atoms with Gasteiger partial charge in [-0.05, 0) is 37.5 Å². The molecule has 0 amide bonds. The summed E-state index contributed by atoms with van der Waals surface area (Å²) >= 11 is 0. The van der Waals surface area contributed by atoms with Crippen LogP contribution in [-0.4, -0.2) is 45.8 Å². The van der Waals surface area contributed by atoms with E-state index >= 15 is 0 Å². The number of hydrogen-bond acceptors (Lipinski definition) is 5. The van der Waals surface area contributed by atoms with Crippen molar-refractivity contribution in [3.8, 4) is 0 Å². The van der Waals surface area contributed by atoms with Gasteiger partial charge in [0.25, 0.3) is 0 Å². The second-order valence-corrected chi connectivity index (χ2v) is 7.50. The predicted octanol–water partition coefficient (Wildman–Crippen LogP) is 2.16. The molecule has 0 bridgehead atoms. The average molecular weight is 358 g/mol. The topological polar surface area (TPSA) is 105 Å². The zero-order chi connectivity index (χ0) is 18.2. The first kappa shape index (κ1) is 20.4. The van der Waals surface area contributed by atoms with Crippen molar-refractivity contribution in [1.29, 1.82) is 0 Å². The molecule has 0 fully saturated rings. The van der Waals surface area contributed by atoms with Gasteiger partial charge in [0.05, 0.1) is 10.5 Å². The lowest BCUT2D eigenvalue weighted by molar-refractivity contribution is 0.0697. The van der Waals surface area contributed by atoms with Gasteiger partial charge in [0, 0.05) is 32.0 Å². The van der Waals surface area contributed by atoms with Crippen molar-refractivity contribution in [2.45, 2.75) is 32.1 Å². The molecule has 136 valence electrons. The van der Waals surface area contributed by atoms with Crippen LogP contribution >= 0.6 is 0 Å². The third-order valence-corrected chi connectivity index (χ3v) is 4.65. The fourth-order valence-corrected chi connectivity index (χ4v) is 3.04. The van der Waals surface area contributed by atoms with E-state index < -0.39 is 16.0 Å². The zero-order valence-corrected chi connectivity index (χ0v) is 15.1. The summed E-state index contributed by atoms with van der Waals surface area (Å²) in [6, 6.07) is 4.07. The Hall–Kier alpha value is -1.64. The lowest BCUT2D eigenvalue weighted by Crippen LogP contribution is -2.26. The molecule has 0 saturated carbocycles. The monoisotopic (exact) mass is 358 g/mol. The van der Waals surface area contributed by atoms with Crippen molar-refractivity contribution < 1.29 is 23.1 Å². The highest BCUT2D eigenvalue weighted by molar-refractivity contribution is 7.89. The van der Waals surface area contributed by atoms with Crippen LogP contribution in [0.2, 0.25) is 0 Å². The molecule has 1 rings (SSSR count). The summed E-state index contributed by atoms with van der Waals surface area (Å²) < 4.78 is 32.1. The SMILES string of the molecule is CCOCCCNS(=O)(=O)c1ccc(NCC(C)C)c(C(=O)O)c1. The minimum Gasteiger partial charge on any atom is -0.478 e. The number of benzene rings is 1. The molecule has 24 heavy (non-hydrogen) atoms. The minimum absolute atomic E-state index is 0.0622. The minimum atomic E-state index is -3.75. The number of anilines is 1. The summed E-state index contributed by atoms with van der Waals surface area (Å²) in [4.78, 5) is 11.3. The molecule has 1 aromatic carbocycles. The normalized spacial score (nSPS) is 11.7. The van der Waals surface area contributed by atoms with Gasteiger partial charge in [-0.15, -0.1) is 0 Å². The maximum Gasteiger partial charge on any atom is 0.337 e. The van der Waals surface area contributed by atoms with Crippen molar-refractivity contribution in [1.82, 2.24) is 4.72 Å². The molecule has 3 N–H and O–H groups in total. The maximum atomic E-state index is 12.3. The van der Waals surface area contributed by atoms with Gasteiger partial charge in [0.2, 0.25) is 10.0 Å². The molecular formula is C16H26N2O5S. The van der Waals surface area contributed by atoms with E-state index in [1.807, 2.05) is 20.8 Å². The van der Waals surface area contributed by atoms with Crippen molar-refractivity contribution in [2.75, 3.05) is 31.6 Å². The molecule has 0 aliphatic carbocycles. The third-order valence-electron chi connectivity index (χ3n) is 3.19. The van der Waals surface area contributed by atoms with Crippen LogP contribution in [0.4, 0.5) is 5.69 Å². The van der Waals surface area contributed by atoms with E-state index in [0.717, 1.165) is 0 Å². The molecule has 0 aliphatic rings. The van der Waals surface area contributed by atoms with Crippen molar-refractivity contribution in [2.24, 2.45) is 5.92 Å². The number of sulfonamides is 1. The Bertz CT molecular complexity index is 644. The number of nitrogens with one attached hydrogen (secondary N) is 2. The van der Waals surface area contributed by atoms with E-state index in [1.54, 1.807) is 0 Å². The van der Waals surface area contributed by atoms with E-state index in [9.17, 15) is 18.3 Å². The predicted molar refractivity (Wildman–Crippen MR) is 93.0 cm³/mol. The Morgan fingerprint density at radius 3 is 2.62 bits per heavy atom. The Kier molecular flexibility index (Phi) is 8.17. The fourth-order valence-electron chi connectivity index (χ4n) is 1.94. The van der Waals surface area contributed by atoms with Gasteiger partial charge < -0.3 is 15.2 Å². The Morgan fingerprint density at radius 2 is 2.04 bits per heavy atom. The first-order chi connectivity index (χ1) is 11.3. The molecule has 0 heterocycles. The van der Waals surface area contributed by atoms with E-state index in [2.05, 4.69) is 10.0 Å². The Labute approximate surface area is 143 Å². The van der Waals surface area contributed by atoms with Gasteiger partial charge >= 0.3 is 5.97 Å².